The van der Waals surface area contributed by atoms with Crippen LogP contribution < -0.4 is 5.48 Å². The third-order valence-corrected chi connectivity index (χ3v) is 8.68. The highest BCUT2D eigenvalue weighted by Crippen LogP contribution is 2.37. The third-order valence-electron chi connectivity index (χ3n) is 5.57. The first-order valence-corrected chi connectivity index (χ1v) is 12.0. The second-order valence-corrected chi connectivity index (χ2v) is 11.2. The van der Waals surface area contributed by atoms with Gasteiger partial charge in [-0.3, -0.25) is 14.8 Å². The summed E-state index contributed by atoms with van der Waals surface area (Å²) in [6.07, 6.45) is 1.68. The fourth-order valence-corrected chi connectivity index (χ4v) is 5.01. The van der Waals surface area contributed by atoms with Gasteiger partial charge in [-0.15, -0.1) is 11.3 Å². The first-order chi connectivity index (χ1) is 14.1. The molecule has 160 valence electrons. The van der Waals surface area contributed by atoms with Crippen LogP contribution in [0.15, 0.2) is 6.07 Å². The SMILES string of the molecule is C[C@@](CCN1Cc2cc(C#CC#C[C@H]3C[C@@H]3CO)sc2C1=O)(C(=O)NO)S(C)(=O)=O. The molecule has 0 spiro atoms. The summed E-state index contributed by atoms with van der Waals surface area (Å²) in [6.45, 7) is 1.73. The normalized spacial score (nSPS) is 21.6. The molecule has 0 radical (unpaired) electrons. The molecular formula is C20H22N2O6S2. The number of rotatable bonds is 6. The van der Waals surface area contributed by atoms with Crippen molar-refractivity contribution in [2.24, 2.45) is 11.8 Å². The lowest BCUT2D eigenvalue weighted by atomic mass is 10.1. The van der Waals surface area contributed by atoms with Gasteiger partial charge >= 0.3 is 0 Å². The summed E-state index contributed by atoms with van der Waals surface area (Å²) in [5, 5.41) is 17.9. The van der Waals surface area contributed by atoms with Gasteiger partial charge < -0.3 is 10.0 Å². The Hall–Kier alpha value is -2.37. The molecule has 1 aliphatic heterocycles. The van der Waals surface area contributed by atoms with Gasteiger partial charge in [-0.05, 0) is 55.1 Å². The van der Waals surface area contributed by atoms with E-state index in [-0.39, 0.29) is 37.3 Å². The summed E-state index contributed by atoms with van der Waals surface area (Å²) in [7, 11) is -3.82. The average molecular weight is 451 g/mol. The number of aliphatic hydroxyl groups is 1. The number of hydrogen-bond donors (Lipinski definition) is 3. The summed E-state index contributed by atoms with van der Waals surface area (Å²) < 4.78 is 22.3. The van der Waals surface area contributed by atoms with E-state index in [0.29, 0.717) is 11.4 Å². The Balaban J connectivity index is 1.63. The molecule has 1 aliphatic carbocycles. The van der Waals surface area contributed by atoms with E-state index >= 15 is 0 Å². The zero-order valence-corrected chi connectivity index (χ0v) is 18.2. The van der Waals surface area contributed by atoms with Gasteiger partial charge in [-0.25, -0.2) is 13.9 Å². The molecule has 0 unspecified atom stereocenters. The summed E-state index contributed by atoms with van der Waals surface area (Å²) in [5.74, 6) is 10.7. The quantitative estimate of drug-likeness (QED) is 0.327. The maximum absolute atomic E-state index is 12.6. The van der Waals surface area contributed by atoms with Gasteiger partial charge in [0.05, 0.1) is 9.75 Å². The summed E-state index contributed by atoms with van der Waals surface area (Å²) in [4.78, 5) is 27.3. The topological polar surface area (TPSA) is 124 Å². The second-order valence-electron chi connectivity index (χ2n) is 7.69. The smallest absolute Gasteiger partial charge is 0.264 e. The summed E-state index contributed by atoms with van der Waals surface area (Å²) in [6, 6.07) is 1.82. The highest BCUT2D eigenvalue weighted by atomic mass is 32.2. The van der Waals surface area contributed by atoms with Crippen molar-refractivity contribution < 1.29 is 28.3 Å². The molecule has 0 aromatic carbocycles. The van der Waals surface area contributed by atoms with Crippen LogP contribution in [0.1, 0.15) is 39.9 Å². The largest absolute Gasteiger partial charge is 0.396 e. The van der Waals surface area contributed by atoms with E-state index < -0.39 is 20.5 Å². The molecule has 10 heteroatoms. The molecule has 8 nitrogen and oxygen atoms in total. The van der Waals surface area contributed by atoms with E-state index in [1.807, 2.05) is 6.07 Å². The van der Waals surface area contributed by atoms with Crippen LogP contribution in [-0.2, 0) is 21.2 Å². The van der Waals surface area contributed by atoms with E-state index in [4.69, 9.17) is 10.3 Å². The van der Waals surface area contributed by atoms with E-state index in [9.17, 15) is 18.0 Å². The van der Waals surface area contributed by atoms with Crippen molar-refractivity contribution >= 4 is 33.0 Å². The fraction of sp³-hybridized carbons (Fsp3) is 0.500. The molecule has 2 heterocycles. The van der Waals surface area contributed by atoms with Crippen molar-refractivity contribution in [2.45, 2.75) is 31.1 Å². The molecule has 1 aromatic rings. The number of nitrogens with one attached hydrogen (secondary N) is 1. The molecule has 0 saturated heterocycles. The molecule has 1 aromatic heterocycles. The zero-order valence-electron chi connectivity index (χ0n) is 16.6. The Morgan fingerprint density at radius 2 is 2.17 bits per heavy atom. The molecule has 1 saturated carbocycles. The molecule has 2 aliphatic rings. The molecule has 1 fully saturated rings. The predicted octanol–water partition coefficient (Wildman–Crippen LogP) is 0.386. The number of fused-ring (bicyclic) bond motifs is 1. The van der Waals surface area contributed by atoms with Gasteiger partial charge in [0.15, 0.2) is 14.6 Å². The van der Waals surface area contributed by atoms with Crippen LogP contribution in [0.2, 0.25) is 0 Å². The number of nitrogens with zero attached hydrogens (tertiary/aromatic N) is 1. The molecular weight excluding hydrogens is 428 g/mol. The van der Waals surface area contributed by atoms with Crippen LogP contribution in [0.5, 0.6) is 0 Å². The standard InChI is InChI=1S/C20H22N2O6S2/c1-20(19(25)21-26,30(2,27)28)7-8-22-11-14-10-16(29-17(14)18(22)24)6-4-3-5-13-9-15(13)12-23/h10,13,15,23,26H,7-9,11-12H2,1-2H3,(H,21,25)/t13-,15+,20+/m0/s1. The minimum atomic E-state index is -3.82. The van der Waals surface area contributed by atoms with Gasteiger partial charge in [0.2, 0.25) is 0 Å². The van der Waals surface area contributed by atoms with Gasteiger partial charge in [0.25, 0.3) is 11.8 Å². The van der Waals surface area contributed by atoms with Crippen molar-refractivity contribution in [3.8, 4) is 23.7 Å². The van der Waals surface area contributed by atoms with E-state index in [1.54, 1.807) is 0 Å². The second kappa shape index (κ2) is 8.40. The van der Waals surface area contributed by atoms with Crippen LogP contribution in [-0.4, -0.2) is 59.6 Å². The number of carbonyl (C=O) groups is 2. The highest BCUT2D eigenvalue weighted by molar-refractivity contribution is 7.92. The number of hydroxylamine groups is 1. The Bertz CT molecular complexity index is 1100. The predicted molar refractivity (Wildman–Crippen MR) is 110 cm³/mol. The van der Waals surface area contributed by atoms with Crippen LogP contribution in [0.4, 0.5) is 0 Å². The Morgan fingerprint density at radius 1 is 1.43 bits per heavy atom. The van der Waals surface area contributed by atoms with Crippen LogP contribution in [0, 0.1) is 35.5 Å². The third kappa shape index (κ3) is 4.37. The first kappa shape index (κ1) is 22.3. The van der Waals surface area contributed by atoms with Crippen molar-refractivity contribution in [1.82, 2.24) is 10.4 Å². The minimum Gasteiger partial charge on any atom is -0.396 e. The monoisotopic (exact) mass is 450 g/mol. The lowest BCUT2D eigenvalue weighted by Gasteiger charge is -2.27. The summed E-state index contributed by atoms with van der Waals surface area (Å²) >= 11 is 1.25. The van der Waals surface area contributed by atoms with E-state index in [0.717, 1.165) is 23.1 Å². The van der Waals surface area contributed by atoms with Crippen molar-refractivity contribution in [1.29, 1.82) is 0 Å². The molecule has 2 amide bonds. The highest BCUT2D eigenvalue weighted by Gasteiger charge is 2.44. The number of hydrogen-bond acceptors (Lipinski definition) is 7. The van der Waals surface area contributed by atoms with Crippen molar-refractivity contribution in [2.75, 3.05) is 19.4 Å². The lowest BCUT2D eigenvalue weighted by molar-refractivity contribution is -0.131. The van der Waals surface area contributed by atoms with Gasteiger partial charge in [0.1, 0.15) is 0 Å². The molecule has 30 heavy (non-hydrogen) atoms. The summed E-state index contributed by atoms with van der Waals surface area (Å²) in [5.41, 5.74) is 2.20. The number of carbonyl (C=O) groups excluding carboxylic acids is 2. The van der Waals surface area contributed by atoms with Gasteiger partial charge in [-0.1, -0.05) is 5.92 Å². The fourth-order valence-electron chi connectivity index (χ4n) is 3.17. The molecule has 3 atom stereocenters. The average Bonchev–Trinajstić information content (AvgIpc) is 3.25. The Morgan fingerprint density at radius 3 is 2.73 bits per heavy atom. The first-order valence-electron chi connectivity index (χ1n) is 9.29. The van der Waals surface area contributed by atoms with Crippen LogP contribution >= 0.6 is 11.3 Å². The van der Waals surface area contributed by atoms with Crippen LogP contribution in [0.25, 0.3) is 0 Å². The maximum atomic E-state index is 12.6. The Kier molecular flexibility index (Phi) is 6.25. The lowest BCUT2D eigenvalue weighted by Crippen LogP contribution is -2.50. The molecule has 3 N–H and O–H groups in total. The van der Waals surface area contributed by atoms with Crippen molar-refractivity contribution in [3.63, 3.8) is 0 Å². The van der Waals surface area contributed by atoms with Crippen LogP contribution in [0.3, 0.4) is 0 Å². The number of amides is 2. The molecule has 0 bridgehead atoms. The zero-order chi connectivity index (χ0) is 22.1. The number of thiophene rings is 1. The van der Waals surface area contributed by atoms with E-state index in [2.05, 4.69) is 23.7 Å². The van der Waals surface area contributed by atoms with Crippen molar-refractivity contribution in [3.05, 3.63) is 21.4 Å². The number of sulfone groups is 1. The number of aliphatic hydroxyl groups excluding tert-OH is 1. The Labute approximate surface area is 179 Å². The van der Waals surface area contributed by atoms with E-state index in [1.165, 1.54) is 28.6 Å². The van der Waals surface area contributed by atoms with Gasteiger partial charge in [-0.2, -0.15) is 0 Å². The minimum absolute atomic E-state index is 0.0527. The maximum Gasteiger partial charge on any atom is 0.264 e. The molecule has 3 rings (SSSR count). The van der Waals surface area contributed by atoms with Gasteiger partial charge in [0, 0.05) is 31.9 Å².